The van der Waals surface area contributed by atoms with Crippen LogP contribution in [0.3, 0.4) is 0 Å². The first kappa shape index (κ1) is 12.8. The summed E-state index contributed by atoms with van der Waals surface area (Å²) >= 11 is 0. The fourth-order valence-corrected chi connectivity index (χ4v) is 1.60. The Morgan fingerprint density at radius 2 is 2.05 bits per heavy atom. The fraction of sp³-hybridized carbons (Fsp3) is 0.154. The van der Waals surface area contributed by atoms with Crippen molar-refractivity contribution in [1.29, 1.82) is 0 Å². The normalized spacial score (nSPS) is 10.2. The zero-order chi connectivity index (χ0) is 14.0. The Morgan fingerprint density at radius 3 is 2.63 bits per heavy atom. The Morgan fingerprint density at radius 1 is 1.32 bits per heavy atom. The number of hydrogen-bond acceptors (Lipinski definition) is 4. The van der Waals surface area contributed by atoms with E-state index in [4.69, 9.17) is 9.52 Å². The largest absolute Gasteiger partial charge is 0.475 e. The highest BCUT2D eigenvalue weighted by atomic mass is 16.4. The van der Waals surface area contributed by atoms with Crippen molar-refractivity contribution in [2.45, 2.75) is 13.8 Å². The van der Waals surface area contributed by atoms with Crippen LogP contribution in [0.1, 0.15) is 32.2 Å². The molecule has 0 fully saturated rings. The molecule has 1 heterocycles. The van der Waals surface area contributed by atoms with Gasteiger partial charge in [-0.3, -0.25) is 10.1 Å². The van der Waals surface area contributed by atoms with Gasteiger partial charge in [0.1, 0.15) is 0 Å². The summed E-state index contributed by atoms with van der Waals surface area (Å²) in [5.74, 6) is -1.90. The van der Waals surface area contributed by atoms with Gasteiger partial charge in [0.15, 0.2) is 0 Å². The third kappa shape index (κ3) is 2.79. The summed E-state index contributed by atoms with van der Waals surface area (Å²) in [4.78, 5) is 26.5. The van der Waals surface area contributed by atoms with Crippen LogP contribution in [-0.4, -0.2) is 22.0 Å². The molecule has 0 aliphatic carbocycles. The SMILES string of the molecule is Cc1cccc(C(=O)Nc2nc(C)c(C(=O)O)o2)c1. The van der Waals surface area contributed by atoms with E-state index in [1.165, 1.54) is 6.92 Å². The number of carbonyl (C=O) groups excluding carboxylic acids is 1. The first-order valence-corrected chi connectivity index (χ1v) is 5.56. The van der Waals surface area contributed by atoms with E-state index in [1.54, 1.807) is 18.2 Å². The number of oxazole rings is 1. The second-order valence-electron chi connectivity index (χ2n) is 4.06. The lowest BCUT2D eigenvalue weighted by Gasteiger charge is -2.01. The van der Waals surface area contributed by atoms with E-state index in [0.717, 1.165) is 5.56 Å². The van der Waals surface area contributed by atoms with Crippen LogP contribution in [-0.2, 0) is 0 Å². The van der Waals surface area contributed by atoms with Crippen LogP contribution in [0.15, 0.2) is 28.7 Å². The number of carbonyl (C=O) groups is 2. The molecule has 0 bridgehead atoms. The smallest absolute Gasteiger partial charge is 0.373 e. The minimum Gasteiger partial charge on any atom is -0.475 e. The molecule has 98 valence electrons. The number of aromatic carboxylic acids is 1. The average Bonchev–Trinajstić information content (AvgIpc) is 2.70. The van der Waals surface area contributed by atoms with Crippen LogP contribution in [0.2, 0.25) is 0 Å². The molecule has 6 heteroatoms. The highest BCUT2D eigenvalue weighted by Crippen LogP contribution is 2.15. The first-order valence-electron chi connectivity index (χ1n) is 5.56. The van der Waals surface area contributed by atoms with Crippen molar-refractivity contribution in [3.63, 3.8) is 0 Å². The van der Waals surface area contributed by atoms with Crippen LogP contribution in [0.5, 0.6) is 0 Å². The summed E-state index contributed by atoms with van der Waals surface area (Å²) in [5.41, 5.74) is 1.61. The molecule has 0 radical (unpaired) electrons. The lowest BCUT2D eigenvalue weighted by molar-refractivity contribution is 0.0661. The van der Waals surface area contributed by atoms with Gasteiger partial charge in [-0.15, -0.1) is 0 Å². The van der Waals surface area contributed by atoms with Crippen LogP contribution in [0, 0.1) is 13.8 Å². The number of nitrogens with zero attached hydrogens (tertiary/aromatic N) is 1. The number of carboxylic acid groups (broad SMARTS) is 1. The van der Waals surface area contributed by atoms with E-state index in [-0.39, 0.29) is 17.5 Å². The van der Waals surface area contributed by atoms with E-state index in [2.05, 4.69) is 10.3 Å². The highest BCUT2D eigenvalue weighted by molar-refractivity contribution is 6.03. The third-order valence-electron chi connectivity index (χ3n) is 2.49. The van der Waals surface area contributed by atoms with Gasteiger partial charge in [-0.05, 0) is 26.0 Å². The van der Waals surface area contributed by atoms with Gasteiger partial charge in [0.05, 0.1) is 5.69 Å². The number of anilines is 1. The molecular formula is C13H12N2O4. The van der Waals surface area contributed by atoms with Crippen LogP contribution in [0.4, 0.5) is 6.01 Å². The average molecular weight is 260 g/mol. The van der Waals surface area contributed by atoms with Crippen molar-refractivity contribution in [3.8, 4) is 0 Å². The quantitative estimate of drug-likeness (QED) is 0.882. The van der Waals surface area contributed by atoms with Gasteiger partial charge in [-0.25, -0.2) is 4.79 Å². The number of aromatic nitrogens is 1. The van der Waals surface area contributed by atoms with Gasteiger partial charge >= 0.3 is 12.0 Å². The summed E-state index contributed by atoms with van der Waals surface area (Å²) in [5, 5.41) is 11.2. The van der Waals surface area contributed by atoms with Gasteiger partial charge in [0.25, 0.3) is 5.91 Å². The predicted molar refractivity (Wildman–Crippen MR) is 67.3 cm³/mol. The number of benzene rings is 1. The molecular weight excluding hydrogens is 248 g/mol. The minimum absolute atomic E-state index is 0.124. The molecule has 0 spiro atoms. The maximum atomic E-state index is 11.9. The van der Waals surface area contributed by atoms with Gasteiger partial charge in [0.2, 0.25) is 5.76 Å². The molecule has 0 aliphatic heterocycles. The minimum atomic E-state index is -1.22. The van der Waals surface area contributed by atoms with Crippen molar-refractivity contribution >= 4 is 17.9 Å². The number of amides is 1. The number of rotatable bonds is 3. The van der Waals surface area contributed by atoms with Crippen LogP contribution < -0.4 is 5.32 Å². The summed E-state index contributed by atoms with van der Waals surface area (Å²) in [7, 11) is 0. The van der Waals surface area contributed by atoms with Crippen molar-refractivity contribution in [2.24, 2.45) is 0 Å². The Bertz CT molecular complexity index is 646. The van der Waals surface area contributed by atoms with E-state index >= 15 is 0 Å². The molecule has 0 atom stereocenters. The molecule has 1 aromatic carbocycles. The molecule has 0 saturated carbocycles. The second kappa shape index (κ2) is 4.93. The zero-order valence-electron chi connectivity index (χ0n) is 10.4. The van der Waals surface area contributed by atoms with Gasteiger partial charge in [0, 0.05) is 5.56 Å². The summed E-state index contributed by atoms with van der Waals surface area (Å²) in [6.45, 7) is 3.36. The lowest BCUT2D eigenvalue weighted by Crippen LogP contribution is -2.12. The van der Waals surface area contributed by atoms with Gasteiger partial charge in [-0.1, -0.05) is 17.7 Å². The lowest BCUT2D eigenvalue weighted by atomic mass is 10.1. The maximum Gasteiger partial charge on any atom is 0.373 e. The number of carboxylic acids is 1. The second-order valence-corrected chi connectivity index (χ2v) is 4.06. The Kier molecular flexibility index (Phi) is 3.33. The Hall–Kier alpha value is -2.63. The van der Waals surface area contributed by atoms with Crippen LogP contribution >= 0.6 is 0 Å². The highest BCUT2D eigenvalue weighted by Gasteiger charge is 2.18. The topological polar surface area (TPSA) is 92.4 Å². The summed E-state index contributed by atoms with van der Waals surface area (Å²) < 4.78 is 4.96. The molecule has 6 nitrogen and oxygen atoms in total. The van der Waals surface area contributed by atoms with Crippen molar-refractivity contribution in [3.05, 3.63) is 46.8 Å². The monoisotopic (exact) mass is 260 g/mol. The molecule has 0 aliphatic rings. The molecule has 2 aromatic rings. The van der Waals surface area contributed by atoms with E-state index in [9.17, 15) is 9.59 Å². The molecule has 2 rings (SSSR count). The molecule has 1 amide bonds. The van der Waals surface area contributed by atoms with Gasteiger partial charge < -0.3 is 9.52 Å². The number of nitrogens with one attached hydrogen (secondary N) is 1. The number of hydrogen-bond donors (Lipinski definition) is 2. The molecule has 2 N–H and O–H groups in total. The van der Waals surface area contributed by atoms with E-state index in [1.807, 2.05) is 13.0 Å². The van der Waals surface area contributed by atoms with E-state index in [0.29, 0.717) is 5.56 Å². The molecule has 0 unspecified atom stereocenters. The maximum absolute atomic E-state index is 11.9. The van der Waals surface area contributed by atoms with Gasteiger partial charge in [-0.2, -0.15) is 4.98 Å². The van der Waals surface area contributed by atoms with Crippen LogP contribution in [0.25, 0.3) is 0 Å². The summed E-state index contributed by atoms with van der Waals surface area (Å²) in [6, 6.07) is 6.86. The van der Waals surface area contributed by atoms with E-state index < -0.39 is 11.9 Å². The molecule has 1 aromatic heterocycles. The third-order valence-corrected chi connectivity index (χ3v) is 2.49. The standard InChI is InChI=1S/C13H12N2O4/c1-7-4-3-5-9(6-7)11(16)15-13-14-8(2)10(19-13)12(17)18/h3-6H,1-2H3,(H,17,18)(H,14,15,16). The van der Waals surface area contributed by atoms with Crippen molar-refractivity contribution < 1.29 is 19.1 Å². The van der Waals surface area contributed by atoms with Crippen molar-refractivity contribution in [2.75, 3.05) is 5.32 Å². The fourth-order valence-electron chi connectivity index (χ4n) is 1.60. The zero-order valence-corrected chi connectivity index (χ0v) is 10.4. The van der Waals surface area contributed by atoms with Crippen molar-refractivity contribution in [1.82, 2.24) is 4.98 Å². The first-order chi connectivity index (χ1) is 8.97. The molecule has 19 heavy (non-hydrogen) atoms. The Labute approximate surface area is 109 Å². The molecule has 0 saturated heterocycles. The predicted octanol–water partition coefficient (Wildman–Crippen LogP) is 2.24. The Balaban J connectivity index is 2.20. The number of aryl methyl sites for hydroxylation is 2. The summed E-state index contributed by atoms with van der Waals surface area (Å²) in [6.07, 6.45) is 0.